The lowest BCUT2D eigenvalue weighted by Crippen LogP contribution is -2.30. The second-order valence-corrected chi connectivity index (χ2v) is 19.5. The molecule has 6 heteroatoms. The van der Waals surface area contributed by atoms with E-state index in [4.69, 9.17) is 14.2 Å². The highest BCUT2D eigenvalue weighted by Gasteiger charge is 2.19. The van der Waals surface area contributed by atoms with E-state index < -0.39 is 6.10 Å². The van der Waals surface area contributed by atoms with Crippen molar-refractivity contribution >= 4 is 17.9 Å². The van der Waals surface area contributed by atoms with Crippen LogP contribution in [0.2, 0.25) is 0 Å². The van der Waals surface area contributed by atoms with Gasteiger partial charge >= 0.3 is 17.9 Å². The molecule has 6 nitrogen and oxygen atoms in total. The second-order valence-electron chi connectivity index (χ2n) is 19.5. The molecule has 1 atom stereocenters. The number of hydrogen-bond donors (Lipinski definition) is 0. The smallest absolute Gasteiger partial charge is 0.306 e. The summed E-state index contributed by atoms with van der Waals surface area (Å²) in [7, 11) is 0. The lowest BCUT2D eigenvalue weighted by Gasteiger charge is -2.18. The van der Waals surface area contributed by atoms with Crippen LogP contribution in [-0.2, 0) is 28.6 Å². The molecule has 0 heterocycles. The minimum absolute atomic E-state index is 0.0950. The topological polar surface area (TPSA) is 78.9 Å². The monoisotopic (exact) mass is 975 g/mol. The number of rotatable bonds is 53. The summed E-state index contributed by atoms with van der Waals surface area (Å²) in [6.07, 6.45) is 75.8. The number of ether oxygens (including phenoxy) is 3. The van der Waals surface area contributed by atoms with E-state index in [1.54, 1.807) is 0 Å². The van der Waals surface area contributed by atoms with Crippen LogP contribution in [-0.4, -0.2) is 37.2 Å². The molecule has 0 amide bonds. The average molecular weight is 976 g/mol. The molecule has 0 aromatic carbocycles. The lowest BCUT2D eigenvalue weighted by molar-refractivity contribution is -0.167. The van der Waals surface area contributed by atoms with Crippen LogP contribution in [0.25, 0.3) is 0 Å². The molecule has 0 aliphatic rings. The van der Waals surface area contributed by atoms with Crippen LogP contribution in [0.3, 0.4) is 0 Å². The van der Waals surface area contributed by atoms with Gasteiger partial charge in [-0.2, -0.15) is 0 Å². The van der Waals surface area contributed by atoms with Gasteiger partial charge in [-0.15, -0.1) is 0 Å². The first kappa shape index (κ1) is 66.6. The molecule has 70 heavy (non-hydrogen) atoms. The molecule has 0 N–H and O–H groups in total. The zero-order chi connectivity index (χ0) is 50.7. The van der Waals surface area contributed by atoms with Gasteiger partial charge in [-0.1, -0.05) is 254 Å². The molecular weight excluding hydrogens is 865 g/mol. The van der Waals surface area contributed by atoms with E-state index in [2.05, 4.69) is 106 Å². The van der Waals surface area contributed by atoms with Gasteiger partial charge < -0.3 is 14.2 Å². The molecule has 0 aromatic heterocycles. The zero-order valence-electron chi connectivity index (χ0n) is 46.0. The molecule has 0 radical (unpaired) electrons. The Hall–Kier alpha value is -3.41. The Morgan fingerprint density at radius 1 is 0.300 bits per heavy atom. The molecule has 0 saturated carbocycles. The summed E-state index contributed by atoms with van der Waals surface area (Å²) < 4.78 is 16.8. The van der Waals surface area contributed by atoms with E-state index >= 15 is 0 Å². The Morgan fingerprint density at radius 3 is 0.900 bits per heavy atom. The molecule has 0 spiro atoms. The van der Waals surface area contributed by atoms with Crippen molar-refractivity contribution < 1.29 is 28.6 Å². The highest BCUT2D eigenvalue weighted by atomic mass is 16.6. The van der Waals surface area contributed by atoms with Gasteiger partial charge in [0.25, 0.3) is 0 Å². The Bertz CT molecular complexity index is 1350. The summed E-state index contributed by atoms with van der Waals surface area (Å²) in [6.45, 7) is 6.49. The molecule has 0 aromatic rings. The maximum absolute atomic E-state index is 12.9. The molecule has 0 fully saturated rings. The molecule has 0 bridgehead atoms. The van der Waals surface area contributed by atoms with Gasteiger partial charge in [-0.05, 0) is 96.3 Å². The summed E-state index contributed by atoms with van der Waals surface area (Å²) in [6, 6.07) is 0. The highest BCUT2D eigenvalue weighted by Crippen LogP contribution is 2.16. The summed E-state index contributed by atoms with van der Waals surface area (Å²) in [5, 5.41) is 0. The van der Waals surface area contributed by atoms with E-state index in [0.29, 0.717) is 19.3 Å². The maximum atomic E-state index is 12.9. The van der Waals surface area contributed by atoms with Gasteiger partial charge in [0.15, 0.2) is 6.10 Å². The minimum atomic E-state index is -0.798. The Labute approximate surface area is 433 Å². The van der Waals surface area contributed by atoms with Crippen molar-refractivity contribution in [2.24, 2.45) is 0 Å². The number of allylic oxidation sites excluding steroid dienone is 14. The average Bonchev–Trinajstić information content (AvgIpc) is 3.36. The van der Waals surface area contributed by atoms with Crippen LogP contribution < -0.4 is 0 Å². The van der Waals surface area contributed by atoms with Gasteiger partial charge in [0.1, 0.15) is 13.2 Å². The first-order valence-electron chi connectivity index (χ1n) is 29.6. The standard InChI is InChI=1S/C64H110O6/c1-4-7-10-13-16-19-22-25-28-30-31-32-33-34-37-39-42-45-48-51-54-57-63(66)69-60-61(59-68-62(65)56-53-50-47-44-41-38-35-27-24-21-18-15-12-9-6-3)70-64(67)58-55-52-49-46-43-40-36-29-26-23-20-17-14-11-8-5-2/h9,12,18,21-22,25,27,30-31,33-35,41,44,61H,4-8,10-11,13-17,19-20,23-24,26,28-29,32,36-40,42-43,45-60H2,1-3H3/b12-9-,21-18-,25-22-,31-30-,34-33-,35-27-,44-41-. The number of carbonyl (C=O) groups is 3. The first-order chi connectivity index (χ1) is 34.5. The fourth-order valence-electron chi connectivity index (χ4n) is 8.21. The second kappa shape index (κ2) is 58.2. The maximum Gasteiger partial charge on any atom is 0.306 e. The van der Waals surface area contributed by atoms with E-state index in [-0.39, 0.29) is 31.1 Å². The molecule has 0 saturated heterocycles. The van der Waals surface area contributed by atoms with Crippen molar-refractivity contribution in [1.82, 2.24) is 0 Å². The molecule has 0 aliphatic heterocycles. The van der Waals surface area contributed by atoms with Crippen LogP contribution in [0.15, 0.2) is 85.1 Å². The van der Waals surface area contributed by atoms with Crippen molar-refractivity contribution in [1.29, 1.82) is 0 Å². The number of carbonyl (C=O) groups excluding carboxylic acids is 3. The normalized spacial score (nSPS) is 12.7. The van der Waals surface area contributed by atoms with Crippen LogP contribution in [0, 0.1) is 0 Å². The summed E-state index contributed by atoms with van der Waals surface area (Å²) in [5.41, 5.74) is 0. The van der Waals surface area contributed by atoms with Crippen LogP contribution in [0.1, 0.15) is 284 Å². The summed E-state index contributed by atoms with van der Waals surface area (Å²) in [4.78, 5) is 38.2. The predicted molar refractivity (Wildman–Crippen MR) is 302 cm³/mol. The Kier molecular flexibility index (Phi) is 55.3. The van der Waals surface area contributed by atoms with Gasteiger partial charge in [0, 0.05) is 19.3 Å². The van der Waals surface area contributed by atoms with Crippen LogP contribution in [0.4, 0.5) is 0 Å². The van der Waals surface area contributed by atoms with E-state index in [1.807, 2.05) is 0 Å². The Balaban J connectivity index is 4.43. The van der Waals surface area contributed by atoms with Crippen molar-refractivity contribution in [3.63, 3.8) is 0 Å². The third-order valence-electron chi connectivity index (χ3n) is 12.6. The van der Waals surface area contributed by atoms with Crippen molar-refractivity contribution in [3.8, 4) is 0 Å². The predicted octanol–water partition coefficient (Wildman–Crippen LogP) is 19.9. The fourth-order valence-corrected chi connectivity index (χ4v) is 8.21. The first-order valence-corrected chi connectivity index (χ1v) is 29.6. The summed E-state index contributed by atoms with van der Waals surface area (Å²) in [5.74, 6) is -0.940. The molecule has 0 rings (SSSR count). The summed E-state index contributed by atoms with van der Waals surface area (Å²) >= 11 is 0. The molecule has 0 aliphatic carbocycles. The minimum Gasteiger partial charge on any atom is -0.462 e. The van der Waals surface area contributed by atoms with E-state index in [9.17, 15) is 14.4 Å². The van der Waals surface area contributed by atoms with E-state index in [1.165, 1.54) is 141 Å². The quantitative estimate of drug-likeness (QED) is 0.0261. The highest BCUT2D eigenvalue weighted by molar-refractivity contribution is 5.71. The molecule has 1 unspecified atom stereocenters. The number of hydrogen-bond acceptors (Lipinski definition) is 6. The SMILES string of the molecule is CC/C=C\C/C=C\C/C=C\C/C=C\CCCCC(=O)OCC(COC(=O)CCCCCCCC/C=C\C/C=C\C/C=C\CCCCCCC)OC(=O)CCCCCCCCCCCCCCCCCC. The fraction of sp³-hybridized carbons (Fsp3) is 0.734. The largest absolute Gasteiger partial charge is 0.462 e. The van der Waals surface area contributed by atoms with Crippen LogP contribution in [0.5, 0.6) is 0 Å². The van der Waals surface area contributed by atoms with Gasteiger partial charge in [-0.3, -0.25) is 14.4 Å². The van der Waals surface area contributed by atoms with E-state index in [0.717, 1.165) is 103 Å². The van der Waals surface area contributed by atoms with Gasteiger partial charge in [-0.25, -0.2) is 0 Å². The van der Waals surface area contributed by atoms with Gasteiger partial charge in [0.2, 0.25) is 0 Å². The lowest BCUT2D eigenvalue weighted by atomic mass is 10.0. The third kappa shape index (κ3) is 55.5. The van der Waals surface area contributed by atoms with Gasteiger partial charge in [0.05, 0.1) is 0 Å². The van der Waals surface area contributed by atoms with Crippen molar-refractivity contribution in [2.75, 3.05) is 13.2 Å². The van der Waals surface area contributed by atoms with Crippen molar-refractivity contribution in [3.05, 3.63) is 85.1 Å². The van der Waals surface area contributed by atoms with Crippen molar-refractivity contribution in [2.45, 2.75) is 290 Å². The van der Waals surface area contributed by atoms with Crippen LogP contribution >= 0.6 is 0 Å². The zero-order valence-corrected chi connectivity index (χ0v) is 46.0. The third-order valence-corrected chi connectivity index (χ3v) is 12.6. The number of unbranched alkanes of at least 4 members (excludes halogenated alkanes) is 28. The Morgan fingerprint density at radius 2 is 0.557 bits per heavy atom. The number of esters is 3. The molecule has 402 valence electrons. The molecular formula is C64H110O6.